The number of aryl methyl sites for hydroxylation is 1. The number of hydrogen-bond donors (Lipinski definition) is 2. The summed E-state index contributed by atoms with van der Waals surface area (Å²) in [4.78, 5) is 12.1. The van der Waals surface area contributed by atoms with E-state index in [0.29, 0.717) is 12.6 Å². The molecule has 0 unspecified atom stereocenters. The van der Waals surface area contributed by atoms with E-state index in [2.05, 4.69) is 57.9 Å². The molecule has 9 heteroatoms. The first-order valence-corrected chi connectivity index (χ1v) is 12.3. The first-order valence-electron chi connectivity index (χ1n) is 12.3. The molecule has 0 aromatic carbocycles. The molecule has 6 heterocycles. The summed E-state index contributed by atoms with van der Waals surface area (Å²) >= 11 is 0. The van der Waals surface area contributed by atoms with Crippen LogP contribution in [0.15, 0.2) is 49.2 Å². The van der Waals surface area contributed by atoms with Crippen molar-refractivity contribution >= 4 is 17.0 Å². The molecule has 1 saturated heterocycles. The maximum atomic E-state index is 4.95. The summed E-state index contributed by atoms with van der Waals surface area (Å²) in [5, 5.41) is 16.0. The smallest absolute Gasteiger partial charge is 0.223 e. The second-order valence-electron chi connectivity index (χ2n) is 9.73. The first-order chi connectivity index (χ1) is 17.0. The summed E-state index contributed by atoms with van der Waals surface area (Å²) in [5.74, 6) is 0.721. The van der Waals surface area contributed by atoms with E-state index in [1.54, 1.807) is 0 Å². The van der Waals surface area contributed by atoms with E-state index in [1.807, 2.05) is 47.2 Å². The van der Waals surface area contributed by atoms with Crippen LogP contribution in [0.2, 0.25) is 0 Å². The molecule has 0 amide bonds. The van der Waals surface area contributed by atoms with Gasteiger partial charge in [0.05, 0.1) is 23.6 Å². The third-order valence-corrected chi connectivity index (χ3v) is 7.07. The van der Waals surface area contributed by atoms with E-state index in [-0.39, 0.29) is 6.04 Å². The van der Waals surface area contributed by atoms with Gasteiger partial charge in [-0.2, -0.15) is 10.2 Å². The number of nitrogens with zero attached hydrogens (tertiary/aromatic N) is 7. The molecule has 180 valence electrons. The molecular formula is C26H31N9. The van der Waals surface area contributed by atoms with Crippen LogP contribution in [0.4, 0.5) is 5.95 Å². The summed E-state index contributed by atoms with van der Waals surface area (Å²) in [6, 6.07) is 4.95. The molecule has 35 heavy (non-hydrogen) atoms. The predicted molar refractivity (Wildman–Crippen MR) is 137 cm³/mol. The Morgan fingerprint density at radius 2 is 1.89 bits per heavy atom. The quantitative estimate of drug-likeness (QED) is 0.475. The second-order valence-corrected chi connectivity index (χ2v) is 9.73. The van der Waals surface area contributed by atoms with Crippen LogP contribution in [0.25, 0.3) is 22.2 Å². The van der Waals surface area contributed by atoms with Crippen LogP contribution in [0.3, 0.4) is 0 Å². The van der Waals surface area contributed by atoms with Gasteiger partial charge in [0.2, 0.25) is 5.95 Å². The molecule has 2 aliphatic rings. The molecule has 4 aromatic heterocycles. The third-order valence-electron chi connectivity index (χ3n) is 7.07. The number of piperidine rings is 1. The summed E-state index contributed by atoms with van der Waals surface area (Å²) in [6.07, 6.45) is 14.3. The van der Waals surface area contributed by atoms with Gasteiger partial charge in [-0.3, -0.25) is 4.68 Å². The molecule has 0 aliphatic carbocycles. The zero-order valence-corrected chi connectivity index (χ0v) is 20.4. The predicted octanol–water partition coefficient (Wildman–Crippen LogP) is 2.95. The molecule has 2 N–H and O–H groups in total. The number of anilines is 1. The van der Waals surface area contributed by atoms with E-state index in [9.17, 15) is 0 Å². The number of hydrogen-bond acceptors (Lipinski definition) is 7. The Morgan fingerprint density at radius 1 is 1.03 bits per heavy atom. The minimum absolute atomic E-state index is 0.212. The average molecular weight is 470 g/mol. The highest BCUT2D eigenvalue weighted by molar-refractivity contribution is 5.86. The van der Waals surface area contributed by atoms with Gasteiger partial charge in [-0.1, -0.05) is 6.08 Å². The zero-order valence-electron chi connectivity index (χ0n) is 20.4. The van der Waals surface area contributed by atoms with E-state index in [0.717, 1.165) is 70.9 Å². The van der Waals surface area contributed by atoms with Crippen molar-refractivity contribution in [1.29, 1.82) is 0 Å². The van der Waals surface area contributed by atoms with E-state index in [1.165, 1.54) is 0 Å². The van der Waals surface area contributed by atoms with Crippen LogP contribution in [0.5, 0.6) is 0 Å². The second kappa shape index (κ2) is 8.90. The van der Waals surface area contributed by atoms with Crippen molar-refractivity contribution in [3.05, 3.63) is 66.0 Å². The molecule has 6 rings (SSSR count). The van der Waals surface area contributed by atoms with Crippen LogP contribution < -0.4 is 10.6 Å². The van der Waals surface area contributed by atoms with Gasteiger partial charge in [0.1, 0.15) is 0 Å². The Hall–Kier alpha value is -3.56. The highest BCUT2D eigenvalue weighted by atomic mass is 15.2. The fourth-order valence-electron chi connectivity index (χ4n) is 5.02. The van der Waals surface area contributed by atoms with Gasteiger partial charge in [0.15, 0.2) is 0 Å². The number of fused-ring (bicyclic) bond motifs is 2. The average Bonchev–Trinajstić information content (AvgIpc) is 3.44. The highest BCUT2D eigenvalue weighted by Gasteiger charge is 2.21. The van der Waals surface area contributed by atoms with Crippen LogP contribution in [-0.2, 0) is 13.6 Å². The van der Waals surface area contributed by atoms with Gasteiger partial charge < -0.3 is 15.5 Å². The molecule has 2 aliphatic heterocycles. The molecular weight excluding hydrogens is 438 g/mol. The Morgan fingerprint density at radius 3 is 2.69 bits per heavy atom. The molecule has 1 atom stereocenters. The summed E-state index contributed by atoms with van der Waals surface area (Å²) < 4.78 is 3.73. The normalized spacial score (nSPS) is 19.4. The maximum Gasteiger partial charge on any atom is 0.223 e. The minimum atomic E-state index is 0.212. The first kappa shape index (κ1) is 21.9. The minimum Gasteiger partial charge on any atom is -0.351 e. The third kappa shape index (κ3) is 4.33. The largest absolute Gasteiger partial charge is 0.351 e. The number of rotatable bonds is 4. The Bertz CT molecular complexity index is 1390. The Balaban J connectivity index is 1.35. The van der Waals surface area contributed by atoms with Crippen molar-refractivity contribution < 1.29 is 0 Å². The van der Waals surface area contributed by atoms with Gasteiger partial charge in [-0.15, -0.1) is 0 Å². The van der Waals surface area contributed by atoms with Crippen molar-refractivity contribution in [1.82, 2.24) is 39.6 Å². The van der Waals surface area contributed by atoms with Crippen LogP contribution in [0, 0.1) is 0 Å². The molecule has 0 bridgehead atoms. The molecule has 0 spiro atoms. The Kier molecular flexibility index (Phi) is 5.58. The van der Waals surface area contributed by atoms with E-state index in [4.69, 9.17) is 9.97 Å². The summed E-state index contributed by atoms with van der Waals surface area (Å²) in [7, 11) is 4.11. The van der Waals surface area contributed by atoms with Gasteiger partial charge in [0.25, 0.3) is 0 Å². The Labute approximate surface area is 204 Å². The van der Waals surface area contributed by atoms with Crippen molar-refractivity contribution in [3.63, 3.8) is 0 Å². The summed E-state index contributed by atoms with van der Waals surface area (Å²) in [6.45, 7) is 5.09. The number of aromatic nitrogens is 6. The monoisotopic (exact) mass is 469 g/mol. The van der Waals surface area contributed by atoms with Gasteiger partial charge in [-0.25, -0.2) is 14.5 Å². The fraction of sp³-hybridized carbons (Fsp3) is 0.385. The molecule has 1 fully saturated rings. The highest BCUT2D eigenvalue weighted by Crippen LogP contribution is 2.32. The van der Waals surface area contributed by atoms with Crippen molar-refractivity contribution in [3.8, 4) is 11.1 Å². The lowest BCUT2D eigenvalue weighted by atomic mass is 9.97. The SMILES string of the molecule is C[C@@H]1C=C(c2ccn3ncc(-c4cnn(C)c4)c3c2)c2cnc(NC3CCN(C)CC3)nc2CN1. The molecule has 9 nitrogen and oxygen atoms in total. The van der Waals surface area contributed by atoms with Crippen LogP contribution >= 0.6 is 0 Å². The lowest BCUT2D eigenvalue weighted by Crippen LogP contribution is -2.37. The van der Waals surface area contributed by atoms with Gasteiger partial charge >= 0.3 is 0 Å². The van der Waals surface area contributed by atoms with Crippen molar-refractivity contribution in [2.45, 2.75) is 38.4 Å². The van der Waals surface area contributed by atoms with Crippen LogP contribution in [-0.4, -0.2) is 66.5 Å². The summed E-state index contributed by atoms with van der Waals surface area (Å²) in [5.41, 5.74) is 7.52. The van der Waals surface area contributed by atoms with E-state index >= 15 is 0 Å². The van der Waals surface area contributed by atoms with Crippen molar-refractivity contribution in [2.24, 2.45) is 7.05 Å². The number of nitrogens with one attached hydrogen (secondary N) is 2. The zero-order chi connectivity index (χ0) is 23.9. The molecule has 0 saturated carbocycles. The maximum absolute atomic E-state index is 4.95. The van der Waals surface area contributed by atoms with Crippen molar-refractivity contribution in [2.75, 3.05) is 25.5 Å². The lowest BCUT2D eigenvalue weighted by molar-refractivity contribution is 0.263. The van der Waals surface area contributed by atoms with Gasteiger partial charge in [0, 0.05) is 61.0 Å². The molecule has 4 aromatic rings. The topological polar surface area (TPSA) is 88.2 Å². The van der Waals surface area contributed by atoms with Crippen LogP contribution in [0.1, 0.15) is 36.6 Å². The fourth-order valence-corrected chi connectivity index (χ4v) is 5.02. The number of likely N-dealkylation sites (tertiary alicyclic amines) is 1. The lowest BCUT2D eigenvalue weighted by Gasteiger charge is -2.29. The van der Waals surface area contributed by atoms with Gasteiger partial charge in [-0.05, 0) is 63.2 Å². The van der Waals surface area contributed by atoms with E-state index < -0.39 is 0 Å². The standard InChI is InChI=1S/C26H31N9/c1-17-10-21(18-4-9-35-25(11-18)22(14-30-35)19-12-29-34(3)16-19)23-13-28-26(32-24(23)15-27-17)31-20-5-7-33(2)8-6-20/h4,9-14,16-17,20,27H,5-8,15H2,1-3H3,(H,28,31,32)/t17-/m1/s1. The number of pyridine rings is 1. The molecule has 0 radical (unpaired) electrons.